The number of aryl methyl sites for hydroxylation is 1. The molecule has 1 aliphatic carbocycles. The first-order chi connectivity index (χ1) is 8.31. The van der Waals surface area contributed by atoms with E-state index < -0.39 is 0 Å². The van der Waals surface area contributed by atoms with Gasteiger partial charge in [-0.2, -0.15) is 0 Å². The molecule has 0 atom stereocenters. The van der Waals surface area contributed by atoms with Crippen LogP contribution in [0.4, 0.5) is 0 Å². The van der Waals surface area contributed by atoms with E-state index in [2.05, 4.69) is 48.3 Å². The molecule has 1 N–H and O–H groups in total. The summed E-state index contributed by atoms with van der Waals surface area (Å²) in [4.78, 5) is 2.59. The smallest absolute Gasteiger partial charge is 0.0208 e. The van der Waals surface area contributed by atoms with Gasteiger partial charge in [0.15, 0.2) is 0 Å². The molecule has 0 saturated heterocycles. The van der Waals surface area contributed by atoms with E-state index in [1.54, 1.807) is 0 Å². The SMILES string of the molecule is CCN(CCNCc1ccccc1C)C1CC1. The Morgan fingerprint density at radius 3 is 2.71 bits per heavy atom. The molecule has 2 heteroatoms. The van der Waals surface area contributed by atoms with Crippen molar-refractivity contribution in [3.63, 3.8) is 0 Å². The topological polar surface area (TPSA) is 15.3 Å². The molecule has 0 unspecified atom stereocenters. The summed E-state index contributed by atoms with van der Waals surface area (Å²) in [7, 11) is 0. The molecule has 2 nitrogen and oxygen atoms in total. The van der Waals surface area contributed by atoms with Gasteiger partial charge >= 0.3 is 0 Å². The van der Waals surface area contributed by atoms with Gasteiger partial charge in [0, 0.05) is 25.7 Å². The minimum absolute atomic E-state index is 0.889. The van der Waals surface area contributed by atoms with Crippen molar-refractivity contribution in [3.05, 3.63) is 35.4 Å². The van der Waals surface area contributed by atoms with E-state index in [1.165, 1.54) is 37.1 Å². The Morgan fingerprint density at radius 1 is 1.29 bits per heavy atom. The standard InChI is InChI=1S/C15H24N2/c1-3-17(15-8-9-15)11-10-16-12-14-7-5-4-6-13(14)2/h4-7,15-16H,3,8-12H2,1-2H3. The van der Waals surface area contributed by atoms with Crippen LogP contribution in [0.3, 0.4) is 0 Å². The van der Waals surface area contributed by atoms with Gasteiger partial charge in [-0.15, -0.1) is 0 Å². The Hall–Kier alpha value is -0.860. The summed E-state index contributed by atoms with van der Waals surface area (Å²) >= 11 is 0. The van der Waals surface area contributed by atoms with Gasteiger partial charge in [0.1, 0.15) is 0 Å². The van der Waals surface area contributed by atoms with Crippen molar-refractivity contribution < 1.29 is 0 Å². The highest BCUT2D eigenvalue weighted by Gasteiger charge is 2.26. The molecule has 1 saturated carbocycles. The minimum atomic E-state index is 0.889. The highest BCUT2D eigenvalue weighted by Crippen LogP contribution is 2.25. The van der Waals surface area contributed by atoms with Crippen LogP contribution in [0.15, 0.2) is 24.3 Å². The molecule has 1 aliphatic rings. The van der Waals surface area contributed by atoms with Crippen LogP contribution in [-0.2, 0) is 6.54 Å². The van der Waals surface area contributed by atoms with Gasteiger partial charge in [-0.1, -0.05) is 31.2 Å². The van der Waals surface area contributed by atoms with Crippen molar-refractivity contribution in [1.29, 1.82) is 0 Å². The zero-order valence-electron chi connectivity index (χ0n) is 11.1. The summed E-state index contributed by atoms with van der Waals surface area (Å²) in [6.07, 6.45) is 2.82. The van der Waals surface area contributed by atoms with Crippen LogP contribution < -0.4 is 5.32 Å². The Morgan fingerprint density at radius 2 is 2.06 bits per heavy atom. The lowest BCUT2D eigenvalue weighted by atomic mass is 10.1. The van der Waals surface area contributed by atoms with E-state index in [9.17, 15) is 0 Å². The van der Waals surface area contributed by atoms with E-state index >= 15 is 0 Å². The Balaban J connectivity index is 1.67. The number of rotatable bonds is 7. The lowest BCUT2D eigenvalue weighted by molar-refractivity contribution is 0.277. The minimum Gasteiger partial charge on any atom is -0.311 e. The molecule has 0 aliphatic heterocycles. The highest BCUT2D eigenvalue weighted by molar-refractivity contribution is 5.25. The summed E-state index contributed by atoms with van der Waals surface area (Å²) in [5, 5.41) is 3.55. The average Bonchev–Trinajstić information content (AvgIpc) is 3.16. The monoisotopic (exact) mass is 232 g/mol. The first kappa shape index (κ1) is 12.6. The van der Waals surface area contributed by atoms with Gasteiger partial charge in [0.25, 0.3) is 0 Å². The molecule has 1 fully saturated rings. The predicted molar refractivity (Wildman–Crippen MR) is 73.2 cm³/mol. The molecule has 0 amide bonds. The number of likely N-dealkylation sites (N-methyl/N-ethyl adjacent to an activating group) is 1. The number of hydrogen-bond donors (Lipinski definition) is 1. The Kier molecular flexibility index (Phi) is 4.57. The fraction of sp³-hybridized carbons (Fsp3) is 0.600. The summed E-state index contributed by atoms with van der Waals surface area (Å²) in [6, 6.07) is 9.50. The quantitative estimate of drug-likeness (QED) is 0.727. The van der Waals surface area contributed by atoms with Crippen LogP contribution in [0.5, 0.6) is 0 Å². The van der Waals surface area contributed by atoms with Gasteiger partial charge in [-0.3, -0.25) is 4.90 Å². The van der Waals surface area contributed by atoms with Crippen molar-refractivity contribution in [2.45, 2.75) is 39.3 Å². The van der Waals surface area contributed by atoms with Crippen LogP contribution >= 0.6 is 0 Å². The molecule has 1 aromatic carbocycles. The van der Waals surface area contributed by atoms with E-state index in [4.69, 9.17) is 0 Å². The fourth-order valence-electron chi connectivity index (χ4n) is 2.29. The molecule has 0 aromatic heterocycles. The van der Waals surface area contributed by atoms with Crippen molar-refractivity contribution in [2.75, 3.05) is 19.6 Å². The fourth-order valence-corrected chi connectivity index (χ4v) is 2.29. The lowest BCUT2D eigenvalue weighted by Gasteiger charge is -2.19. The summed E-state index contributed by atoms with van der Waals surface area (Å²) in [6.45, 7) is 8.91. The molecular weight excluding hydrogens is 208 g/mol. The second-order valence-electron chi connectivity index (χ2n) is 4.96. The molecule has 2 rings (SSSR count). The van der Waals surface area contributed by atoms with E-state index in [0.29, 0.717) is 0 Å². The predicted octanol–water partition coefficient (Wildman–Crippen LogP) is 2.57. The number of benzene rings is 1. The molecule has 0 bridgehead atoms. The van der Waals surface area contributed by atoms with Crippen molar-refractivity contribution in [2.24, 2.45) is 0 Å². The van der Waals surface area contributed by atoms with Crippen molar-refractivity contribution in [1.82, 2.24) is 10.2 Å². The lowest BCUT2D eigenvalue weighted by Crippen LogP contribution is -2.33. The molecule has 0 heterocycles. The third kappa shape index (κ3) is 3.83. The number of hydrogen-bond acceptors (Lipinski definition) is 2. The maximum Gasteiger partial charge on any atom is 0.0208 e. The molecule has 0 radical (unpaired) electrons. The third-order valence-electron chi connectivity index (χ3n) is 3.62. The number of nitrogens with zero attached hydrogens (tertiary/aromatic N) is 1. The van der Waals surface area contributed by atoms with E-state index in [0.717, 1.165) is 19.1 Å². The van der Waals surface area contributed by atoms with Crippen LogP contribution in [0, 0.1) is 6.92 Å². The first-order valence-electron chi connectivity index (χ1n) is 6.80. The summed E-state index contributed by atoms with van der Waals surface area (Å²) in [5.41, 5.74) is 2.80. The second-order valence-corrected chi connectivity index (χ2v) is 4.96. The summed E-state index contributed by atoms with van der Waals surface area (Å²) < 4.78 is 0. The normalized spacial score (nSPS) is 15.5. The maximum atomic E-state index is 3.55. The van der Waals surface area contributed by atoms with E-state index in [-0.39, 0.29) is 0 Å². The molecule has 17 heavy (non-hydrogen) atoms. The Labute approximate surface area is 105 Å². The first-order valence-corrected chi connectivity index (χ1v) is 6.80. The van der Waals surface area contributed by atoms with Gasteiger partial charge in [0.2, 0.25) is 0 Å². The maximum absolute atomic E-state index is 3.55. The largest absolute Gasteiger partial charge is 0.311 e. The zero-order chi connectivity index (χ0) is 12.1. The van der Waals surface area contributed by atoms with E-state index in [1.807, 2.05) is 0 Å². The van der Waals surface area contributed by atoms with Gasteiger partial charge < -0.3 is 5.32 Å². The average molecular weight is 232 g/mol. The molecule has 94 valence electrons. The molecular formula is C15H24N2. The summed E-state index contributed by atoms with van der Waals surface area (Å²) in [5.74, 6) is 0. The molecule has 1 aromatic rings. The van der Waals surface area contributed by atoms with Crippen LogP contribution in [-0.4, -0.2) is 30.6 Å². The van der Waals surface area contributed by atoms with Crippen molar-refractivity contribution >= 4 is 0 Å². The zero-order valence-corrected chi connectivity index (χ0v) is 11.1. The number of nitrogens with one attached hydrogen (secondary N) is 1. The third-order valence-corrected chi connectivity index (χ3v) is 3.62. The van der Waals surface area contributed by atoms with Gasteiger partial charge in [-0.25, -0.2) is 0 Å². The Bertz CT molecular complexity index is 345. The second kappa shape index (κ2) is 6.18. The van der Waals surface area contributed by atoms with Gasteiger partial charge in [0.05, 0.1) is 0 Å². The van der Waals surface area contributed by atoms with Crippen LogP contribution in [0.2, 0.25) is 0 Å². The highest BCUT2D eigenvalue weighted by atomic mass is 15.2. The van der Waals surface area contributed by atoms with Crippen molar-refractivity contribution in [3.8, 4) is 0 Å². The van der Waals surface area contributed by atoms with Gasteiger partial charge in [-0.05, 0) is 37.4 Å². The van der Waals surface area contributed by atoms with Crippen LogP contribution in [0.25, 0.3) is 0 Å². The molecule has 0 spiro atoms. The van der Waals surface area contributed by atoms with Crippen LogP contribution in [0.1, 0.15) is 30.9 Å².